The molecule has 1 saturated heterocycles. The van der Waals surface area contributed by atoms with Crippen molar-refractivity contribution in [3.05, 3.63) is 59.5 Å². The first-order valence-electron chi connectivity index (χ1n) is 9.88. The summed E-state index contributed by atoms with van der Waals surface area (Å²) in [5.74, 6) is 2.36. The minimum absolute atomic E-state index is 0.00898. The second kappa shape index (κ2) is 7.46. The third-order valence-corrected chi connectivity index (χ3v) is 5.55. The molecule has 8 heteroatoms. The highest BCUT2D eigenvalue weighted by molar-refractivity contribution is 5.94. The number of benzene rings is 2. The fourth-order valence-corrected chi connectivity index (χ4v) is 3.89. The monoisotopic (exact) mass is 406 g/mol. The number of likely N-dealkylation sites (tertiary alicyclic amines) is 1. The summed E-state index contributed by atoms with van der Waals surface area (Å²) in [5.41, 5.74) is 2.59. The van der Waals surface area contributed by atoms with Crippen LogP contribution >= 0.6 is 0 Å². The number of hydrogen-bond donors (Lipinski definition) is 1. The van der Waals surface area contributed by atoms with Gasteiger partial charge in [-0.15, -0.1) is 0 Å². The summed E-state index contributed by atoms with van der Waals surface area (Å²) in [5, 5.41) is 7.25. The van der Waals surface area contributed by atoms with Crippen molar-refractivity contribution >= 4 is 5.91 Å². The molecule has 5 rings (SSSR count). The van der Waals surface area contributed by atoms with Crippen molar-refractivity contribution in [3.63, 3.8) is 0 Å². The molecule has 2 aliphatic rings. The maximum Gasteiger partial charge on any atom is 0.251 e. The predicted octanol–water partition coefficient (Wildman–Crippen LogP) is 2.95. The highest BCUT2D eigenvalue weighted by atomic mass is 16.7. The fraction of sp³-hybridized carbons (Fsp3) is 0.318. The molecule has 8 nitrogen and oxygen atoms in total. The van der Waals surface area contributed by atoms with E-state index in [0.29, 0.717) is 41.7 Å². The number of nitrogens with zero attached hydrogens (tertiary/aromatic N) is 3. The van der Waals surface area contributed by atoms with Crippen LogP contribution in [0.3, 0.4) is 0 Å². The first-order valence-corrected chi connectivity index (χ1v) is 9.88. The van der Waals surface area contributed by atoms with Gasteiger partial charge in [-0.2, -0.15) is 4.98 Å². The van der Waals surface area contributed by atoms with Crippen molar-refractivity contribution in [3.8, 4) is 22.9 Å². The molecule has 0 saturated carbocycles. The number of aryl methyl sites for hydroxylation is 1. The average molecular weight is 406 g/mol. The molecular formula is C22H22N4O4. The van der Waals surface area contributed by atoms with Crippen molar-refractivity contribution < 1.29 is 18.8 Å². The number of carbonyl (C=O) groups is 1. The average Bonchev–Trinajstić information content (AvgIpc) is 3.47. The van der Waals surface area contributed by atoms with Crippen LogP contribution in [-0.4, -0.2) is 47.4 Å². The third-order valence-electron chi connectivity index (χ3n) is 5.55. The van der Waals surface area contributed by atoms with E-state index in [1.54, 1.807) is 0 Å². The third kappa shape index (κ3) is 3.50. The number of amides is 1. The zero-order valence-corrected chi connectivity index (χ0v) is 16.8. The van der Waals surface area contributed by atoms with Gasteiger partial charge in [-0.3, -0.25) is 9.69 Å². The molecule has 1 aromatic heterocycles. The van der Waals surface area contributed by atoms with Gasteiger partial charge in [-0.1, -0.05) is 22.9 Å². The predicted molar refractivity (Wildman–Crippen MR) is 108 cm³/mol. The molecule has 30 heavy (non-hydrogen) atoms. The van der Waals surface area contributed by atoms with Gasteiger partial charge in [0.2, 0.25) is 18.5 Å². The molecule has 2 aliphatic heterocycles. The molecule has 3 aromatic rings. The Bertz CT molecular complexity index is 1080. The summed E-state index contributed by atoms with van der Waals surface area (Å²) in [7, 11) is 1.99. The van der Waals surface area contributed by atoms with Gasteiger partial charge >= 0.3 is 0 Å². The van der Waals surface area contributed by atoms with Gasteiger partial charge in [0.05, 0.1) is 6.04 Å². The van der Waals surface area contributed by atoms with Crippen LogP contribution in [0.2, 0.25) is 0 Å². The van der Waals surface area contributed by atoms with Crippen LogP contribution in [0.15, 0.2) is 47.0 Å². The molecule has 0 unspecified atom stereocenters. The number of likely N-dealkylation sites (N-methyl/N-ethyl adjacent to an activating group) is 1. The Labute approximate surface area is 173 Å². The normalized spacial score (nSPS) is 20.5. The van der Waals surface area contributed by atoms with Crippen LogP contribution in [0.4, 0.5) is 0 Å². The molecule has 2 atom stereocenters. The van der Waals surface area contributed by atoms with E-state index in [1.807, 2.05) is 56.4 Å². The van der Waals surface area contributed by atoms with E-state index in [2.05, 4.69) is 20.4 Å². The Morgan fingerprint density at radius 3 is 2.77 bits per heavy atom. The zero-order chi connectivity index (χ0) is 20.7. The standard InChI is InChI=1S/C22H22N4O4/c1-13-3-5-14(6-4-13)21(27)23-16-10-17(26(2)11-16)22-24-20(25-30-22)15-7-8-18-19(9-15)29-12-28-18/h3-9,16-17H,10-12H2,1-2H3,(H,23,27)/t16-,17-/m0/s1. The number of ether oxygens (including phenoxy) is 2. The SMILES string of the molecule is Cc1ccc(C(=O)N[C@H]2C[C@@H](c3nc(-c4ccc5c(c4)OCO5)no3)N(C)C2)cc1. The summed E-state index contributed by atoms with van der Waals surface area (Å²) in [6.45, 7) is 2.93. The number of carbonyl (C=O) groups excluding carboxylic acids is 1. The number of nitrogens with one attached hydrogen (secondary N) is 1. The lowest BCUT2D eigenvalue weighted by Crippen LogP contribution is -2.36. The van der Waals surface area contributed by atoms with Gasteiger partial charge in [0.1, 0.15) is 0 Å². The maximum atomic E-state index is 12.5. The topological polar surface area (TPSA) is 89.7 Å². The van der Waals surface area contributed by atoms with E-state index in [1.165, 1.54) is 0 Å². The molecule has 0 aliphatic carbocycles. The Kier molecular flexibility index (Phi) is 4.63. The number of fused-ring (bicyclic) bond motifs is 1. The quantitative estimate of drug-likeness (QED) is 0.712. The van der Waals surface area contributed by atoms with E-state index in [4.69, 9.17) is 14.0 Å². The molecule has 3 heterocycles. The lowest BCUT2D eigenvalue weighted by Gasteiger charge is -2.14. The van der Waals surface area contributed by atoms with Crippen LogP contribution in [0.5, 0.6) is 11.5 Å². The summed E-state index contributed by atoms with van der Waals surface area (Å²) >= 11 is 0. The van der Waals surface area contributed by atoms with Crippen LogP contribution in [0.1, 0.15) is 34.3 Å². The van der Waals surface area contributed by atoms with Crippen molar-refractivity contribution in [1.29, 1.82) is 0 Å². The highest BCUT2D eigenvalue weighted by Gasteiger charge is 2.35. The Hall–Kier alpha value is -3.39. The molecule has 0 radical (unpaired) electrons. The molecule has 1 N–H and O–H groups in total. The van der Waals surface area contributed by atoms with Crippen LogP contribution in [-0.2, 0) is 0 Å². The van der Waals surface area contributed by atoms with E-state index >= 15 is 0 Å². The highest BCUT2D eigenvalue weighted by Crippen LogP contribution is 2.36. The zero-order valence-electron chi connectivity index (χ0n) is 16.8. The largest absolute Gasteiger partial charge is 0.454 e. The molecule has 1 amide bonds. The number of aromatic nitrogens is 2. The first-order chi connectivity index (χ1) is 14.6. The first kappa shape index (κ1) is 18.6. The van der Waals surface area contributed by atoms with Gasteiger partial charge in [0.25, 0.3) is 5.91 Å². The van der Waals surface area contributed by atoms with Crippen molar-refractivity contribution in [1.82, 2.24) is 20.4 Å². The van der Waals surface area contributed by atoms with Crippen LogP contribution in [0.25, 0.3) is 11.4 Å². The summed E-state index contributed by atoms with van der Waals surface area (Å²) < 4.78 is 16.3. The lowest BCUT2D eigenvalue weighted by molar-refractivity contribution is 0.0938. The second-order valence-electron chi connectivity index (χ2n) is 7.75. The lowest BCUT2D eigenvalue weighted by atomic mass is 10.1. The van der Waals surface area contributed by atoms with Crippen molar-refractivity contribution in [2.45, 2.75) is 25.4 Å². The summed E-state index contributed by atoms with van der Waals surface area (Å²) in [6.07, 6.45) is 0.705. The van der Waals surface area contributed by atoms with Gasteiger partial charge in [0.15, 0.2) is 11.5 Å². The molecule has 154 valence electrons. The molecule has 0 bridgehead atoms. The van der Waals surface area contributed by atoms with E-state index in [0.717, 1.165) is 11.1 Å². The number of rotatable bonds is 4. The Balaban J connectivity index is 1.27. The summed E-state index contributed by atoms with van der Waals surface area (Å²) in [4.78, 5) is 19.3. The molecule has 2 aromatic carbocycles. The molecule has 1 fully saturated rings. The van der Waals surface area contributed by atoms with E-state index < -0.39 is 0 Å². The summed E-state index contributed by atoms with van der Waals surface area (Å²) in [6, 6.07) is 13.1. The van der Waals surface area contributed by atoms with Crippen LogP contribution in [0, 0.1) is 6.92 Å². The van der Waals surface area contributed by atoms with E-state index in [9.17, 15) is 4.79 Å². The van der Waals surface area contributed by atoms with Crippen molar-refractivity contribution in [2.75, 3.05) is 20.4 Å². The molecule has 0 spiro atoms. The minimum Gasteiger partial charge on any atom is -0.454 e. The molecular weight excluding hydrogens is 384 g/mol. The smallest absolute Gasteiger partial charge is 0.251 e. The van der Waals surface area contributed by atoms with Crippen molar-refractivity contribution in [2.24, 2.45) is 0 Å². The number of hydrogen-bond acceptors (Lipinski definition) is 7. The van der Waals surface area contributed by atoms with Crippen LogP contribution < -0.4 is 14.8 Å². The fourth-order valence-electron chi connectivity index (χ4n) is 3.89. The van der Waals surface area contributed by atoms with Gasteiger partial charge in [0, 0.05) is 23.7 Å². The Morgan fingerprint density at radius 1 is 1.13 bits per heavy atom. The van der Waals surface area contributed by atoms with E-state index in [-0.39, 0.29) is 24.8 Å². The van der Waals surface area contributed by atoms with Gasteiger partial charge < -0.3 is 19.3 Å². The second-order valence-corrected chi connectivity index (χ2v) is 7.75. The van der Waals surface area contributed by atoms with Gasteiger partial charge in [-0.05, 0) is 50.7 Å². The Morgan fingerprint density at radius 2 is 1.93 bits per heavy atom. The maximum absolute atomic E-state index is 12.5. The minimum atomic E-state index is -0.0689. The van der Waals surface area contributed by atoms with Gasteiger partial charge in [-0.25, -0.2) is 0 Å².